The average molecular weight is 343 g/mol. The van der Waals surface area contributed by atoms with E-state index in [1.54, 1.807) is 0 Å². The first-order valence-electron chi connectivity index (χ1n) is 6.73. The third-order valence-corrected chi connectivity index (χ3v) is 4.04. The van der Waals surface area contributed by atoms with Gasteiger partial charge in [-0.3, -0.25) is 9.89 Å². The second-order valence-corrected chi connectivity index (χ2v) is 7.31. The molecule has 23 heavy (non-hydrogen) atoms. The van der Waals surface area contributed by atoms with Crippen LogP contribution in [-0.2, 0) is 14.6 Å². The van der Waals surface area contributed by atoms with Crippen molar-refractivity contribution in [2.24, 2.45) is 0 Å². The molecule has 0 aliphatic heterocycles. The van der Waals surface area contributed by atoms with Crippen LogP contribution in [0.4, 0.5) is 14.6 Å². The number of carbonyl (C=O) groups is 1. The van der Waals surface area contributed by atoms with Gasteiger partial charge in [0.05, 0.1) is 11.4 Å². The summed E-state index contributed by atoms with van der Waals surface area (Å²) >= 11 is 0. The molecule has 2 N–H and O–H groups in total. The molecule has 9 heteroatoms. The molecule has 1 heterocycles. The van der Waals surface area contributed by atoms with Gasteiger partial charge in [-0.05, 0) is 18.6 Å². The molecule has 0 fully saturated rings. The van der Waals surface area contributed by atoms with E-state index in [1.807, 2.05) is 0 Å². The largest absolute Gasteiger partial charge is 0.309 e. The Labute approximate surface area is 131 Å². The number of nitrogens with one attached hydrogen (secondary N) is 2. The summed E-state index contributed by atoms with van der Waals surface area (Å²) < 4.78 is 48.8. The molecule has 0 atom stereocenters. The highest BCUT2D eigenvalue weighted by Gasteiger charge is 2.13. The second-order valence-electron chi connectivity index (χ2n) is 5.05. The Morgan fingerprint density at radius 1 is 1.35 bits per heavy atom. The van der Waals surface area contributed by atoms with Crippen LogP contribution >= 0.6 is 0 Å². The number of rotatable bonds is 6. The van der Waals surface area contributed by atoms with Crippen molar-refractivity contribution in [2.45, 2.75) is 12.8 Å². The molecule has 124 valence electrons. The van der Waals surface area contributed by atoms with Gasteiger partial charge >= 0.3 is 0 Å². The molecule has 2 aromatic rings. The van der Waals surface area contributed by atoms with Crippen LogP contribution in [0.1, 0.15) is 12.8 Å². The molecule has 0 spiro atoms. The van der Waals surface area contributed by atoms with Crippen LogP contribution in [0.5, 0.6) is 0 Å². The van der Waals surface area contributed by atoms with Crippen LogP contribution in [0.2, 0.25) is 0 Å². The number of nitrogens with zero attached hydrogens (tertiary/aromatic N) is 1. The first kappa shape index (κ1) is 17.1. The third kappa shape index (κ3) is 4.85. The Kier molecular flexibility index (Phi) is 5.09. The van der Waals surface area contributed by atoms with Crippen molar-refractivity contribution in [3.05, 3.63) is 35.9 Å². The maximum absolute atomic E-state index is 13.7. The van der Waals surface area contributed by atoms with E-state index in [-0.39, 0.29) is 35.7 Å². The minimum absolute atomic E-state index is 0.00456. The van der Waals surface area contributed by atoms with Crippen molar-refractivity contribution in [3.63, 3.8) is 0 Å². The molecule has 0 radical (unpaired) electrons. The highest BCUT2D eigenvalue weighted by Crippen LogP contribution is 2.24. The van der Waals surface area contributed by atoms with Crippen LogP contribution in [0, 0.1) is 11.6 Å². The van der Waals surface area contributed by atoms with Gasteiger partial charge in [0.1, 0.15) is 9.84 Å². The van der Waals surface area contributed by atoms with Crippen molar-refractivity contribution < 1.29 is 22.0 Å². The zero-order valence-corrected chi connectivity index (χ0v) is 13.1. The maximum Gasteiger partial charge on any atom is 0.225 e. The molecule has 0 bridgehead atoms. The van der Waals surface area contributed by atoms with Crippen molar-refractivity contribution in [1.82, 2.24) is 10.2 Å². The maximum atomic E-state index is 13.7. The summed E-state index contributed by atoms with van der Waals surface area (Å²) in [6.45, 7) is 0. The Balaban J connectivity index is 2.00. The first-order valence-corrected chi connectivity index (χ1v) is 8.79. The Bertz CT molecular complexity index is 818. The van der Waals surface area contributed by atoms with Crippen LogP contribution in [0.3, 0.4) is 0 Å². The lowest BCUT2D eigenvalue weighted by atomic mass is 10.1. The van der Waals surface area contributed by atoms with Crippen LogP contribution in [0.25, 0.3) is 11.3 Å². The fourth-order valence-electron chi connectivity index (χ4n) is 1.94. The van der Waals surface area contributed by atoms with Gasteiger partial charge < -0.3 is 5.32 Å². The summed E-state index contributed by atoms with van der Waals surface area (Å²) in [5, 5.41) is 8.76. The number of sulfone groups is 1. The second kappa shape index (κ2) is 6.86. The van der Waals surface area contributed by atoms with E-state index >= 15 is 0 Å². The number of hydrogen-bond acceptors (Lipinski definition) is 4. The zero-order valence-electron chi connectivity index (χ0n) is 12.3. The van der Waals surface area contributed by atoms with Gasteiger partial charge in [-0.2, -0.15) is 5.10 Å². The summed E-state index contributed by atoms with van der Waals surface area (Å²) in [5.41, 5.74) is 0.212. The highest BCUT2D eigenvalue weighted by atomic mass is 32.2. The number of carbonyl (C=O) groups excluding carboxylic acids is 1. The number of aromatic amines is 1. The monoisotopic (exact) mass is 343 g/mol. The van der Waals surface area contributed by atoms with Gasteiger partial charge in [0.2, 0.25) is 5.91 Å². The van der Waals surface area contributed by atoms with Crippen molar-refractivity contribution in [2.75, 3.05) is 17.3 Å². The Morgan fingerprint density at radius 2 is 2.09 bits per heavy atom. The molecule has 1 amide bonds. The van der Waals surface area contributed by atoms with E-state index < -0.39 is 27.4 Å². The molecule has 6 nitrogen and oxygen atoms in total. The minimum atomic E-state index is -3.11. The number of amides is 1. The molecule has 0 saturated heterocycles. The third-order valence-electron chi connectivity index (χ3n) is 3.01. The van der Waals surface area contributed by atoms with Gasteiger partial charge in [-0.1, -0.05) is 6.07 Å². The standard InChI is InChI=1S/C14H15F2N3O3S/c1-23(21,22)7-3-6-13(20)17-12-8-11(18-19-12)9-4-2-5-10(15)14(9)16/h2,4-5,8H,3,6-7H2,1H3,(H2,17,18,19,20). The SMILES string of the molecule is CS(=O)(=O)CCCC(=O)Nc1cc(-c2cccc(F)c2F)[nH]n1. The number of anilines is 1. The van der Waals surface area contributed by atoms with Crippen LogP contribution in [-0.4, -0.2) is 36.5 Å². The lowest BCUT2D eigenvalue weighted by Gasteiger charge is -2.01. The molecule has 2 rings (SSSR count). The smallest absolute Gasteiger partial charge is 0.225 e. The number of hydrogen-bond donors (Lipinski definition) is 2. The van der Waals surface area contributed by atoms with Gasteiger partial charge in [0.25, 0.3) is 0 Å². The molecule has 0 aliphatic carbocycles. The lowest BCUT2D eigenvalue weighted by molar-refractivity contribution is -0.116. The van der Waals surface area contributed by atoms with E-state index in [4.69, 9.17) is 0 Å². The zero-order chi connectivity index (χ0) is 17.0. The van der Waals surface area contributed by atoms with E-state index in [9.17, 15) is 22.0 Å². The van der Waals surface area contributed by atoms with Gasteiger partial charge in [0.15, 0.2) is 17.5 Å². The molecular formula is C14H15F2N3O3S. The Morgan fingerprint density at radius 3 is 2.78 bits per heavy atom. The summed E-state index contributed by atoms with van der Waals surface area (Å²) in [5.74, 6) is -2.34. The topological polar surface area (TPSA) is 91.9 Å². The van der Waals surface area contributed by atoms with Crippen LogP contribution < -0.4 is 5.32 Å². The number of aromatic nitrogens is 2. The predicted molar refractivity (Wildman–Crippen MR) is 81.5 cm³/mol. The fraction of sp³-hybridized carbons (Fsp3) is 0.286. The van der Waals surface area contributed by atoms with E-state index in [0.29, 0.717) is 0 Å². The number of H-pyrrole nitrogens is 1. The molecule has 1 aromatic carbocycles. The average Bonchev–Trinajstić information content (AvgIpc) is 2.88. The molecule has 0 aliphatic rings. The normalized spacial score (nSPS) is 11.4. The van der Waals surface area contributed by atoms with E-state index in [1.165, 1.54) is 18.2 Å². The van der Waals surface area contributed by atoms with Crippen LogP contribution in [0.15, 0.2) is 24.3 Å². The highest BCUT2D eigenvalue weighted by molar-refractivity contribution is 7.90. The summed E-state index contributed by atoms with van der Waals surface area (Å²) in [6, 6.07) is 5.10. The Hall–Kier alpha value is -2.29. The number of halogens is 2. The van der Waals surface area contributed by atoms with Gasteiger partial charge in [0, 0.05) is 24.3 Å². The van der Waals surface area contributed by atoms with E-state index in [0.717, 1.165) is 12.3 Å². The lowest BCUT2D eigenvalue weighted by Crippen LogP contribution is -2.13. The summed E-state index contributed by atoms with van der Waals surface area (Å²) in [6.07, 6.45) is 1.31. The first-order chi connectivity index (χ1) is 10.8. The molecule has 1 aromatic heterocycles. The van der Waals surface area contributed by atoms with Gasteiger partial charge in [-0.25, -0.2) is 17.2 Å². The molecule has 0 saturated carbocycles. The van der Waals surface area contributed by atoms with E-state index in [2.05, 4.69) is 15.5 Å². The molecular weight excluding hydrogens is 328 g/mol. The van der Waals surface area contributed by atoms with Crippen molar-refractivity contribution in [3.8, 4) is 11.3 Å². The van der Waals surface area contributed by atoms with Crippen molar-refractivity contribution in [1.29, 1.82) is 0 Å². The molecule has 0 unspecified atom stereocenters. The minimum Gasteiger partial charge on any atom is -0.309 e. The van der Waals surface area contributed by atoms with Crippen molar-refractivity contribution >= 4 is 21.6 Å². The summed E-state index contributed by atoms with van der Waals surface area (Å²) in [7, 11) is -3.11. The van der Waals surface area contributed by atoms with Gasteiger partial charge in [-0.15, -0.1) is 0 Å². The number of benzene rings is 1. The quantitative estimate of drug-likeness (QED) is 0.840. The fourth-order valence-corrected chi connectivity index (χ4v) is 2.60. The predicted octanol–water partition coefficient (Wildman–Crippen LogP) is 2.12. The summed E-state index contributed by atoms with van der Waals surface area (Å²) in [4.78, 5) is 11.7.